The van der Waals surface area contributed by atoms with Gasteiger partial charge in [-0.2, -0.15) is 0 Å². The zero-order chi connectivity index (χ0) is 28.3. The molecule has 40 heavy (non-hydrogen) atoms. The van der Waals surface area contributed by atoms with E-state index in [2.05, 4.69) is 4.90 Å². The molecule has 3 aliphatic rings. The highest BCUT2D eigenvalue weighted by Crippen LogP contribution is 2.41. The smallest absolute Gasteiger partial charge is 0.341 e. The van der Waals surface area contributed by atoms with Crippen molar-refractivity contribution in [1.82, 2.24) is 9.47 Å². The number of piperazine rings is 1. The zero-order valence-corrected chi connectivity index (χ0v) is 21.9. The number of nitrogens with zero attached hydrogens (tertiary/aromatic N) is 3. The molecule has 6 rings (SSSR count). The normalized spacial score (nSPS) is 19.6. The molecule has 3 aromatic rings. The Labute approximate surface area is 227 Å². The highest BCUT2D eigenvalue weighted by molar-refractivity contribution is 6.00. The third kappa shape index (κ3) is 4.32. The Hall–Kier alpha value is -3.86. The fourth-order valence-corrected chi connectivity index (χ4v) is 6.02. The van der Waals surface area contributed by atoms with Crippen molar-refractivity contribution in [3.63, 3.8) is 0 Å². The van der Waals surface area contributed by atoms with E-state index in [1.807, 2.05) is 6.07 Å². The third-order valence-electron chi connectivity index (χ3n) is 8.32. The lowest BCUT2D eigenvalue weighted by atomic mass is 9.82. The molecule has 2 aliphatic carbocycles. The number of halogens is 3. The van der Waals surface area contributed by atoms with Gasteiger partial charge in [-0.15, -0.1) is 0 Å². The largest absolute Gasteiger partial charge is 0.497 e. The topological polar surface area (TPSA) is 92.1 Å². The number of aromatic carboxylic acids is 1. The molecule has 8 nitrogen and oxygen atoms in total. The first kappa shape index (κ1) is 26.4. The number of hydrogen-bond acceptors (Lipinski definition) is 6. The Morgan fingerprint density at radius 3 is 2.40 bits per heavy atom. The molecule has 0 amide bonds. The van der Waals surface area contributed by atoms with Gasteiger partial charge in [0, 0.05) is 56.4 Å². The molecule has 1 saturated heterocycles. The number of carbonyl (C=O) groups is 2. The summed E-state index contributed by atoms with van der Waals surface area (Å²) in [5.74, 6) is -5.12. The van der Waals surface area contributed by atoms with Crippen LogP contribution in [-0.2, 0) is 6.42 Å². The summed E-state index contributed by atoms with van der Waals surface area (Å²) in [4.78, 5) is 40.9. The standard InChI is InChI=1S/C29H28F3N3O5/c1-40-18-6-7-19-15(12-18)2-3-16(27(19)36)13-33-8-10-34(11-9-33)26-23(31)22(30)21-25(24(26)32)35(17-4-5-17)14-20(28(21)37)29(38)39/h6-7,12,14,16-17H,2-5,8-11,13H2,1H3,(H,38,39). The molecule has 1 atom stereocenters. The first-order valence-electron chi connectivity index (χ1n) is 13.4. The molecule has 1 unspecified atom stereocenters. The van der Waals surface area contributed by atoms with Gasteiger partial charge in [-0.1, -0.05) is 0 Å². The maximum Gasteiger partial charge on any atom is 0.341 e. The van der Waals surface area contributed by atoms with E-state index in [-0.39, 0.29) is 30.8 Å². The van der Waals surface area contributed by atoms with Crippen molar-refractivity contribution in [3.8, 4) is 5.75 Å². The van der Waals surface area contributed by atoms with Gasteiger partial charge in [0.05, 0.1) is 18.0 Å². The molecule has 1 aliphatic heterocycles. The van der Waals surface area contributed by atoms with Gasteiger partial charge >= 0.3 is 5.97 Å². The zero-order valence-electron chi connectivity index (χ0n) is 21.9. The number of benzene rings is 2. The number of carbonyl (C=O) groups excluding carboxylic acids is 1. The van der Waals surface area contributed by atoms with E-state index in [9.17, 15) is 19.5 Å². The van der Waals surface area contributed by atoms with Crippen LogP contribution in [0.3, 0.4) is 0 Å². The predicted octanol–water partition coefficient (Wildman–Crippen LogP) is 4.03. The minimum Gasteiger partial charge on any atom is -0.497 e. The monoisotopic (exact) mass is 555 g/mol. The fourth-order valence-electron chi connectivity index (χ4n) is 6.02. The summed E-state index contributed by atoms with van der Waals surface area (Å²) in [6, 6.07) is 5.17. The summed E-state index contributed by atoms with van der Waals surface area (Å²) in [5, 5.41) is 8.53. The Bertz CT molecular complexity index is 1610. The van der Waals surface area contributed by atoms with Gasteiger partial charge in [0.25, 0.3) is 0 Å². The summed E-state index contributed by atoms with van der Waals surface area (Å²) < 4.78 is 53.1. The number of pyridine rings is 1. The second-order valence-corrected chi connectivity index (χ2v) is 10.7. The van der Waals surface area contributed by atoms with E-state index < -0.39 is 51.0 Å². The number of carboxylic acid groups (broad SMARTS) is 1. The van der Waals surface area contributed by atoms with Gasteiger partial charge in [-0.05, 0) is 49.4 Å². The number of aromatic nitrogens is 1. The SMILES string of the molecule is COc1ccc2c(c1)CCC(CN1CCN(c3c(F)c(F)c4c(=O)c(C(=O)O)cn(C5CC5)c4c3F)CC1)C2=O. The second kappa shape index (κ2) is 9.96. The van der Waals surface area contributed by atoms with Crippen LogP contribution in [0.1, 0.15) is 51.6 Å². The van der Waals surface area contributed by atoms with Crippen LogP contribution >= 0.6 is 0 Å². The number of fused-ring (bicyclic) bond motifs is 2. The number of methoxy groups -OCH3 is 1. The van der Waals surface area contributed by atoms with E-state index in [1.165, 1.54) is 9.47 Å². The van der Waals surface area contributed by atoms with Gasteiger partial charge in [0.1, 0.15) is 17.0 Å². The van der Waals surface area contributed by atoms with Gasteiger partial charge in [-0.25, -0.2) is 18.0 Å². The first-order chi connectivity index (χ1) is 19.2. The summed E-state index contributed by atoms with van der Waals surface area (Å²) >= 11 is 0. The molecule has 0 bridgehead atoms. The molecule has 0 spiro atoms. The molecule has 0 radical (unpaired) electrons. The van der Waals surface area contributed by atoms with Crippen LogP contribution in [0.2, 0.25) is 0 Å². The van der Waals surface area contributed by atoms with Crippen LogP contribution in [-0.4, -0.2) is 66.2 Å². The van der Waals surface area contributed by atoms with Crippen LogP contribution in [0.15, 0.2) is 29.2 Å². The molecule has 2 fully saturated rings. The van der Waals surface area contributed by atoms with E-state index in [0.29, 0.717) is 50.2 Å². The summed E-state index contributed by atoms with van der Waals surface area (Å²) in [7, 11) is 1.58. The molecular weight excluding hydrogens is 527 g/mol. The molecule has 2 aromatic carbocycles. The maximum atomic E-state index is 15.9. The lowest BCUT2D eigenvalue weighted by Crippen LogP contribution is -2.49. The lowest BCUT2D eigenvalue weighted by Gasteiger charge is -2.38. The molecular formula is C29H28F3N3O5. The predicted molar refractivity (Wildman–Crippen MR) is 141 cm³/mol. The first-order valence-corrected chi connectivity index (χ1v) is 13.4. The Morgan fingerprint density at radius 2 is 1.75 bits per heavy atom. The molecule has 210 valence electrons. The van der Waals surface area contributed by atoms with Crippen molar-refractivity contribution in [2.45, 2.75) is 31.7 Å². The lowest BCUT2D eigenvalue weighted by molar-refractivity contribution is 0.0694. The van der Waals surface area contributed by atoms with E-state index in [1.54, 1.807) is 19.2 Å². The maximum absolute atomic E-state index is 15.9. The number of anilines is 1. The van der Waals surface area contributed by atoms with Crippen LogP contribution in [0.4, 0.5) is 18.9 Å². The third-order valence-corrected chi connectivity index (χ3v) is 8.32. The van der Waals surface area contributed by atoms with Gasteiger partial charge in [0.15, 0.2) is 23.2 Å². The van der Waals surface area contributed by atoms with Crippen molar-refractivity contribution in [1.29, 1.82) is 0 Å². The Balaban J connectivity index is 1.24. The number of ketones is 1. The number of aryl methyl sites for hydroxylation is 1. The van der Waals surface area contributed by atoms with Gasteiger partial charge in [0.2, 0.25) is 5.43 Å². The van der Waals surface area contributed by atoms with Gasteiger partial charge < -0.3 is 19.3 Å². The van der Waals surface area contributed by atoms with Gasteiger partial charge in [-0.3, -0.25) is 14.5 Å². The second-order valence-electron chi connectivity index (χ2n) is 10.7. The summed E-state index contributed by atoms with van der Waals surface area (Å²) in [6.45, 7) is 1.70. The summed E-state index contributed by atoms with van der Waals surface area (Å²) in [6.07, 6.45) is 3.70. The highest BCUT2D eigenvalue weighted by Gasteiger charge is 2.35. The average Bonchev–Trinajstić information content (AvgIpc) is 3.79. The molecule has 2 heterocycles. The molecule has 11 heteroatoms. The highest BCUT2D eigenvalue weighted by atomic mass is 19.2. The van der Waals surface area contributed by atoms with Crippen molar-refractivity contribution >= 4 is 28.3 Å². The van der Waals surface area contributed by atoms with Crippen LogP contribution < -0.4 is 15.1 Å². The minimum atomic E-state index is -1.58. The van der Waals surface area contributed by atoms with Crippen LogP contribution in [0.5, 0.6) is 5.75 Å². The minimum absolute atomic E-state index is 0.0683. The molecule has 1 aromatic heterocycles. The quantitative estimate of drug-likeness (QED) is 0.460. The van der Waals surface area contributed by atoms with Crippen molar-refractivity contribution in [2.24, 2.45) is 5.92 Å². The van der Waals surface area contributed by atoms with Crippen molar-refractivity contribution in [2.75, 3.05) is 44.7 Å². The Morgan fingerprint density at radius 1 is 1.02 bits per heavy atom. The number of hydrogen-bond donors (Lipinski definition) is 1. The number of carboxylic acids is 1. The Kier molecular flexibility index (Phi) is 6.56. The number of Topliss-reactive ketones (excluding diaryl/α,β-unsaturated/α-hetero) is 1. The fraction of sp³-hybridized carbons (Fsp3) is 0.414. The average molecular weight is 556 g/mol. The van der Waals surface area contributed by atoms with Crippen LogP contribution in [0.25, 0.3) is 10.9 Å². The van der Waals surface area contributed by atoms with E-state index in [4.69, 9.17) is 4.74 Å². The van der Waals surface area contributed by atoms with E-state index in [0.717, 1.165) is 18.2 Å². The number of ether oxygens (including phenoxy) is 1. The molecule has 1 saturated carbocycles. The molecule has 1 N–H and O–H groups in total. The summed E-state index contributed by atoms with van der Waals surface area (Å²) in [5.41, 5.74) is -1.27. The van der Waals surface area contributed by atoms with Crippen molar-refractivity contribution in [3.05, 3.63) is 68.8 Å². The van der Waals surface area contributed by atoms with Crippen LogP contribution in [0, 0.1) is 23.4 Å². The number of rotatable bonds is 6. The van der Waals surface area contributed by atoms with E-state index >= 15 is 13.2 Å². The van der Waals surface area contributed by atoms with Crippen molar-refractivity contribution < 1.29 is 32.6 Å².